The number of esters is 1. The largest absolute Gasteiger partial charge is 0.493 e. The van der Waals surface area contributed by atoms with Crippen LogP contribution in [0.3, 0.4) is 0 Å². The Bertz CT molecular complexity index is 816. The lowest BCUT2D eigenvalue weighted by atomic mass is 10.2. The summed E-state index contributed by atoms with van der Waals surface area (Å²) in [6.45, 7) is 2.15. The van der Waals surface area contributed by atoms with Crippen molar-refractivity contribution in [1.82, 2.24) is 4.98 Å². The zero-order chi connectivity index (χ0) is 19.8. The van der Waals surface area contributed by atoms with Crippen LogP contribution in [0.5, 0.6) is 11.5 Å². The predicted octanol–water partition coefficient (Wildman–Crippen LogP) is 4.02. The molecule has 0 bridgehead atoms. The second-order valence-corrected chi connectivity index (χ2v) is 7.29. The van der Waals surface area contributed by atoms with Crippen LogP contribution in [0.15, 0.2) is 28.7 Å². The lowest BCUT2D eigenvalue weighted by Gasteiger charge is -2.16. The Morgan fingerprint density at radius 1 is 1.36 bits per heavy atom. The Labute approximate surface area is 168 Å². The van der Waals surface area contributed by atoms with E-state index in [9.17, 15) is 4.79 Å². The normalized spacial score (nSPS) is 14.4. The number of benzene rings is 1. The van der Waals surface area contributed by atoms with Crippen molar-refractivity contribution in [3.63, 3.8) is 0 Å². The fourth-order valence-electron chi connectivity index (χ4n) is 3.01. The molecule has 1 fully saturated rings. The van der Waals surface area contributed by atoms with Gasteiger partial charge in [0, 0.05) is 5.38 Å². The highest BCUT2D eigenvalue weighted by atomic mass is 32.1. The molecule has 1 N–H and O–H groups in total. The lowest BCUT2D eigenvalue weighted by Crippen LogP contribution is -2.11. The molecule has 1 aliphatic rings. The fourth-order valence-corrected chi connectivity index (χ4v) is 3.67. The summed E-state index contributed by atoms with van der Waals surface area (Å²) < 4.78 is 16.4. The van der Waals surface area contributed by atoms with Crippen LogP contribution in [0.4, 0.5) is 5.13 Å². The van der Waals surface area contributed by atoms with Crippen molar-refractivity contribution in [2.45, 2.75) is 45.1 Å². The van der Waals surface area contributed by atoms with E-state index < -0.39 is 0 Å². The number of rotatable bonds is 9. The standard InChI is InChI=1S/C20H25N3O4S/c1-3-26-19(24)11-15-13-28-20(22-15)23-21-12-14-8-9-17(25-2)18(10-14)27-16-6-4-5-7-16/h8-10,12-13,16H,3-7,11H2,1-2H3,(H,22,23). The summed E-state index contributed by atoms with van der Waals surface area (Å²) in [4.78, 5) is 15.8. The van der Waals surface area contributed by atoms with E-state index in [4.69, 9.17) is 14.2 Å². The first-order valence-corrected chi connectivity index (χ1v) is 10.3. The Hall–Kier alpha value is -2.61. The number of anilines is 1. The van der Waals surface area contributed by atoms with Crippen LogP contribution in [-0.4, -0.2) is 37.0 Å². The molecule has 0 unspecified atom stereocenters. The van der Waals surface area contributed by atoms with Gasteiger partial charge in [0.25, 0.3) is 0 Å². The van der Waals surface area contributed by atoms with Gasteiger partial charge in [-0.1, -0.05) is 0 Å². The lowest BCUT2D eigenvalue weighted by molar-refractivity contribution is -0.142. The third kappa shape index (κ3) is 5.69. The fraction of sp³-hybridized carbons (Fsp3) is 0.450. The van der Waals surface area contributed by atoms with Crippen LogP contribution < -0.4 is 14.9 Å². The van der Waals surface area contributed by atoms with Gasteiger partial charge in [-0.15, -0.1) is 11.3 Å². The summed E-state index contributed by atoms with van der Waals surface area (Å²) >= 11 is 1.39. The van der Waals surface area contributed by atoms with Gasteiger partial charge >= 0.3 is 5.97 Å². The molecule has 2 aromatic rings. The molecule has 8 heteroatoms. The minimum atomic E-state index is -0.282. The Morgan fingerprint density at radius 3 is 2.93 bits per heavy atom. The maximum absolute atomic E-state index is 11.5. The van der Waals surface area contributed by atoms with E-state index in [0.717, 1.165) is 29.9 Å². The number of hydrazone groups is 1. The number of carbonyl (C=O) groups excluding carboxylic acids is 1. The van der Waals surface area contributed by atoms with Crippen molar-refractivity contribution in [2.24, 2.45) is 5.10 Å². The number of thiazole rings is 1. The van der Waals surface area contributed by atoms with E-state index in [-0.39, 0.29) is 18.5 Å². The number of hydrogen-bond donors (Lipinski definition) is 1. The van der Waals surface area contributed by atoms with Gasteiger partial charge in [-0.3, -0.25) is 10.2 Å². The molecule has 28 heavy (non-hydrogen) atoms. The molecule has 0 saturated heterocycles. The third-order valence-electron chi connectivity index (χ3n) is 4.34. The van der Waals surface area contributed by atoms with E-state index in [1.54, 1.807) is 20.2 Å². The summed E-state index contributed by atoms with van der Waals surface area (Å²) in [5.41, 5.74) is 4.45. The molecular weight excluding hydrogens is 378 g/mol. The van der Waals surface area contributed by atoms with E-state index in [2.05, 4.69) is 15.5 Å². The van der Waals surface area contributed by atoms with Gasteiger partial charge in [0.1, 0.15) is 0 Å². The van der Waals surface area contributed by atoms with Crippen molar-refractivity contribution >= 4 is 28.7 Å². The highest BCUT2D eigenvalue weighted by Gasteiger charge is 2.18. The van der Waals surface area contributed by atoms with Gasteiger partial charge in [-0.05, 0) is 56.4 Å². The smallest absolute Gasteiger partial charge is 0.311 e. The Kier molecular flexibility index (Phi) is 7.25. The molecule has 1 aliphatic carbocycles. The van der Waals surface area contributed by atoms with E-state index in [1.807, 2.05) is 23.6 Å². The van der Waals surface area contributed by atoms with Crippen molar-refractivity contribution < 1.29 is 19.0 Å². The first-order valence-electron chi connectivity index (χ1n) is 9.41. The topological polar surface area (TPSA) is 82.0 Å². The molecule has 0 atom stereocenters. The third-order valence-corrected chi connectivity index (χ3v) is 5.14. The first-order chi connectivity index (χ1) is 13.7. The summed E-state index contributed by atoms with van der Waals surface area (Å²) in [5, 5.41) is 6.66. The zero-order valence-electron chi connectivity index (χ0n) is 16.1. The molecule has 7 nitrogen and oxygen atoms in total. The summed E-state index contributed by atoms with van der Waals surface area (Å²) in [5.74, 6) is 1.18. The van der Waals surface area contributed by atoms with Crippen molar-refractivity contribution in [2.75, 3.05) is 19.1 Å². The van der Waals surface area contributed by atoms with Crippen LogP contribution in [0.2, 0.25) is 0 Å². The maximum Gasteiger partial charge on any atom is 0.311 e. The molecule has 3 rings (SSSR count). The van der Waals surface area contributed by atoms with E-state index >= 15 is 0 Å². The minimum Gasteiger partial charge on any atom is -0.493 e. The molecule has 1 aromatic heterocycles. The predicted molar refractivity (Wildman–Crippen MR) is 110 cm³/mol. The molecule has 0 aliphatic heterocycles. The maximum atomic E-state index is 11.5. The average Bonchev–Trinajstić information content (AvgIpc) is 3.34. The van der Waals surface area contributed by atoms with Gasteiger partial charge in [-0.25, -0.2) is 4.98 Å². The van der Waals surface area contributed by atoms with Crippen LogP contribution in [0.1, 0.15) is 43.9 Å². The van der Waals surface area contributed by atoms with Crippen molar-refractivity contribution in [1.29, 1.82) is 0 Å². The summed E-state index contributed by atoms with van der Waals surface area (Å²) in [6.07, 6.45) is 6.72. The number of nitrogens with one attached hydrogen (secondary N) is 1. The van der Waals surface area contributed by atoms with Gasteiger partial charge in [-0.2, -0.15) is 5.10 Å². The first kappa shape index (κ1) is 20.1. The van der Waals surface area contributed by atoms with Crippen LogP contribution >= 0.6 is 11.3 Å². The van der Waals surface area contributed by atoms with Gasteiger partial charge < -0.3 is 14.2 Å². The number of ether oxygens (including phenoxy) is 3. The Balaban J connectivity index is 1.59. The SMILES string of the molecule is CCOC(=O)Cc1csc(NN=Cc2ccc(OC)c(OC3CCCC3)c2)n1. The van der Waals surface area contributed by atoms with Crippen LogP contribution in [-0.2, 0) is 16.0 Å². The highest BCUT2D eigenvalue weighted by Crippen LogP contribution is 2.32. The highest BCUT2D eigenvalue weighted by molar-refractivity contribution is 7.13. The van der Waals surface area contributed by atoms with Gasteiger partial charge in [0.05, 0.1) is 38.1 Å². The molecule has 1 saturated carbocycles. The Morgan fingerprint density at radius 2 is 2.18 bits per heavy atom. The van der Waals surface area contributed by atoms with Gasteiger partial charge in [0.2, 0.25) is 5.13 Å². The number of carbonyl (C=O) groups is 1. The monoisotopic (exact) mass is 403 g/mol. The summed E-state index contributed by atoms with van der Waals surface area (Å²) in [7, 11) is 1.64. The summed E-state index contributed by atoms with van der Waals surface area (Å²) in [6, 6.07) is 5.72. The second kappa shape index (κ2) is 10.1. The average molecular weight is 404 g/mol. The molecule has 150 valence electrons. The number of nitrogens with zero attached hydrogens (tertiary/aromatic N) is 2. The van der Waals surface area contributed by atoms with E-state index in [1.165, 1.54) is 24.2 Å². The molecule has 1 aromatic carbocycles. The second-order valence-electron chi connectivity index (χ2n) is 6.43. The van der Waals surface area contributed by atoms with Crippen molar-refractivity contribution in [3.8, 4) is 11.5 Å². The molecule has 0 spiro atoms. The number of methoxy groups -OCH3 is 1. The number of hydrogen-bond acceptors (Lipinski definition) is 8. The molecule has 0 amide bonds. The van der Waals surface area contributed by atoms with Crippen molar-refractivity contribution in [3.05, 3.63) is 34.8 Å². The quantitative estimate of drug-likeness (QED) is 0.387. The molecule has 0 radical (unpaired) electrons. The van der Waals surface area contributed by atoms with Gasteiger partial charge in [0.15, 0.2) is 11.5 Å². The van der Waals surface area contributed by atoms with Crippen LogP contribution in [0.25, 0.3) is 0 Å². The molecular formula is C20H25N3O4S. The molecule has 1 heterocycles. The minimum absolute atomic E-state index is 0.163. The van der Waals surface area contributed by atoms with Crippen LogP contribution in [0, 0.1) is 0 Å². The zero-order valence-corrected chi connectivity index (χ0v) is 17.0. The number of aromatic nitrogens is 1. The van der Waals surface area contributed by atoms with E-state index in [0.29, 0.717) is 17.4 Å².